The standard InChI is InChI=1S/C12H15NO4/c14-7-11(15)10-8-17-12(16)13(10)6-9-4-2-1-3-5-9/h1-5,10-11,14-15H,6-8H2/t10-,11+/m1/s1. The van der Waals surface area contributed by atoms with E-state index < -0.39 is 18.2 Å². The Morgan fingerprint density at radius 3 is 2.76 bits per heavy atom. The zero-order valence-electron chi connectivity index (χ0n) is 9.32. The Kier molecular flexibility index (Phi) is 3.61. The molecule has 1 heterocycles. The number of aliphatic hydroxyl groups excluding tert-OH is 2. The number of amides is 1. The normalized spacial score (nSPS) is 21.4. The fraction of sp³-hybridized carbons (Fsp3) is 0.417. The van der Waals surface area contributed by atoms with E-state index in [-0.39, 0.29) is 13.2 Å². The van der Waals surface area contributed by atoms with Gasteiger partial charge in [-0.25, -0.2) is 4.79 Å². The van der Waals surface area contributed by atoms with Crippen LogP contribution in [-0.4, -0.2) is 46.6 Å². The van der Waals surface area contributed by atoms with Crippen molar-refractivity contribution >= 4 is 6.09 Å². The van der Waals surface area contributed by atoms with Crippen LogP contribution in [0, 0.1) is 0 Å². The third-order valence-corrected chi connectivity index (χ3v) is 2.84. The molecule has 1 aromatic carbocycles. The topological polar surface area (TPSA) is 70.0 Å². The monoisotopic (exact) mass is 237 g/mol. The van der Waals surface area contributed by atoms with Crippen LogP contribution in [-0.2, 0) is 11.3 Å². The molecule has 92 valence electrons. The Morgan fingerprint density at radius 2 is 2.12 bits per heavy atom. The number of benzene rings is 1. The van der Waals surface area contributed by atoms with Crippen molar-refractivity contribution in [3.8, 4) is 0 Å². The van der Waals surface area contributed by atoms with E-state index in [9.17, 15) is 9.90 Å². The molecule has 0 aliphatic carbocycles. The lowest BCUT2D eigenvalue weighted by atomic mass is 10.1. The molecule has 1 saturated heterocycles. The lowest BCUT2D eigenvalue weighted by molar-refractivity contribution is 0.0350. The van der Waals surface area contributed by atoms with E-state index in [0.717, 1.165) is 5.56 Å². The first-order valence-corrected chi connectivity index (χ1v) is 5.48. The average molecular weight is 237 g/mol. The quantitative estimate of drug-likeness (QED) is 0.793. The number of ether oxygens (including phenoxy) is 1. The first-order chi connectivity index (χ1) is 8.22. The number of hydrogen-bond donors (Lipinski definition) is 2. The zero-order chi connectivity index (χ0) is 12.3. The molecular weight excluding hydrogens is 222 g/mol. The van der Waals surface area contributed by atoms with Crippen molar-refractivity contribution in [3.63, 3.8) is 0 Å². The summed E-state index contributed by atoms with van der Waals surface area (Å²) < 4.78 is 4.89. The van der Waals surface area contributed by atoms with Crippen LogP contribution in [0.4, 0.5) is 4.79 Å². The van der Waals surface area contributed by atoms with Crippen molar-refractivity contribution in [2.24, 2.45) is 0 Å². The van der Waals surface area contributed by atoms with Crippen molar-refractivity contribution in [2.75, 3.05) is 13.2 Å². The van der Waals surface area contributed by atoms with Crippen molar-refractivity contribution in [1.82, 2.24) is 4.90 Å². The number of carbonyl (C=O) groups is 1. The van der Waals surface area contributed by atoms with Crippen molar-refractivity contribution in [2.45, 2.75) is 18.7 Å². The summed E-state index contributed by atoms with van der Waals surface area (Å²) in [7, 11) is 0. The molecule has 0 unspecified atom stereocenters. The molecule has 1 aliphatic rings. The van der Waals surface area contributed by atoms with E-state index >= 15 is 0 Å². The van der Waals surface area contributed by atoms with Gasteiger partial charge in [0.05, 0.1) is 12.6 Å². The van der Waals surface area contributed by atoms with Crippen molar-refractivity contribution in [3.05, 3.63) is 35.9 Å². The molecule has 17 heavy (non-hydrogen) atoms. The van der Waals surface area contributed by atoms with Crippen LogP contribution >= 0.6 is 0 Å². The first-order valence-electron chi connectivity index (χ1n) is 5.48. The van der Waals surface area contributed by atoms with E-state index in [2.05, 4.69) is 0 Å². The second-order valence-electron chi connectivity index (χ2n) is 4.01. The highest BCUT2D eigenvalue weighted by molar-refractivity contribution is 5.70. The van der Waals surface area contributed by atoms with E-state index in [1.807, 2.05) is 30.3 Å². The second kappa shape index (κ2) is 5.16. The molecule has 0 radical (unpaired) electrons. The molecule has 2 N–H and O–H groups in total. The zero-order valence-corrected chi connectivity index (χ0v) is 9.32. The van der Waals surface area contributed by atoms with E-state index in [4.69, 9.17) is 9.84 Å². The highest BCUT2D eigenvalue weighted by Crippen LogP contribution is 2.18. The fourth-order valence-corrected chi connectivity index (χ4v) is 1.87. The van der Waals surface area contributed by atoms with Crippen molar-refractivity contribution < 1.29 is 19.7 Å². The number of cyclic esters (lactones) is 1. The summed E-state index contributed by atoms with van der Waals surface area (Å²) in [6.45, 7) is 0.112. The van der Waals surface area contributed by atoms with Gasteiger partial charge in [0.25, 0.3) is 0 Å². The molecule has 5 heteroatoms. The molecule has 2 rings (SSSR count). The second-order valence-corrected chi connectivity index (χ2v) is 4.01. The van der Waals surface area contributed by atoms with Gasteiger partial charge in [0.2, 0.25) is 0 Å². The van der Waals surface area contributed by atoms with Crippen LogP contribution < -0.4 is 0 Å². The lowest BCUT2D eigenvalue weighted by Crippen LogP contribution is -2.43. The Balaban J connectivity index is 2.09. The number of aliphatic hydroxyl groups is 2. The van der Waals surface area contributed by atoms with Gasteiger partial charge >= 0.3 is 6.09 Å². The molecule has 1 aromatic rings. The molecular formula is C12H15NO4. The minimum atomic E-state index is -0.967. The number of nitrogens with zero attached hydrogens (tertiary/aromatic N) is 1. The molecule has 2 atom stereocenters. The summed E-state index contributed by atoms with van der Waals surface area (Å²) in [5.41, 5.74) is 0.960. The molecule has 0 aromatic heterocycles. The van der Waals surface area contributed by atoms with Gasteiger partial charge in [-0.15, -0.1) is 0 Å². The van der Waals surface area contributed by atoms with Crippen molar-refractivity contribution in [1.29, 1.82) is 0 Å². The number of hydrogen-bond acceptors (Lipinski definition) is 4. The molecule has 5 nitrogen and oxygen atoms in total. The van der Waals surface area contributed by atoms with Crippen LogP contribution in [0.3, 0.4) is 0 Å². The lowest BCUT2D eigenvalue weighted by Gasteiger charge is -2.24. The minimum Gasteiger partial charge on any atom is -0.447 e. The number of carbonyl (C=O) groups excluding carboxylic acids is 1. The molecule has 0 bridgehead atoms. The van der Waals surface area contributed by atoms with Crippen LogP contribution in [0.15, 0.2) is 30.3 Å². The minimum absolute atomic E-state index is 0.118. The van der Waals surface area contributed by atoms with E-state index in [0.29, 0.717) is 6.54 Å². The molecule has 1 fully saturated rings. The van der Waals surface area contributed by atoms with E-state index in [1.54, 1.807) is 0 Å². The Morgan fingerprint density at radius 1 is 1.41 bits per heavy atom. The van der Waals surface area contributed by atoms with Crippen LogP contribution in [0.5, 0.6) is 0 Å². The third-order valence-electron chi connectivity index (χ3n) is 2.84. The van der Waals surface area contributed by atoms with Gasteiger partial charge in [0.1, 0.15) is 12.7 Å². The smallest absolute Gasteiger partial charge is 0.410 e. The summed E-state index contributed by atoms with van der Waals surface area (Å²) in [5.74, 6) is 0. The summed E-state index contributed by atoms with van der Waals surface area (Å²) in [4.78, 5) is 13.0. The first kappa shape index (κ1) is 11.9. The largest absolute Gasteiger partial charge is 0.447 e. The van der Waals surface area contributed by atoms with Gasteiger partial charge in [-0.1, -0.05) is 30.3 Å². The van der Waals surface area contributed by atoms with Crippen LogP contribution in [0.1, 0.15) is 5.56 Å². The summed E-state index contributed by atoms with van der Waals surface area (Å²) in [5, 5.41) is 18.5. The maximum Gasteiger partial charge on any atom is 0.410 e. The fourth-order valence-electron chi connectivity index (χ4n) is 1.87. The van der Waals surface area contributed by atoms with Gasteiger partial charge in [0, 0.05) is 6.54 Å². The molecule has 1 amide bonds. The summed E-state index contributed by atoms with van der Waals surface area (Å²) >= 11 is 0. The van der Waals surface area contributed by atoms with Gasteiger partial charge in [-0.05, 0) is 5.56 Å². The third kappa shape index (κ3) is 2.57. The van der Waals surface area contributed by atoms with Gasteiger partial charge in [-0.2, -0.15) is 0 Å². The Hall–Kier alpha value is -1.59. The SMILES string of the molecule is O=C1OC[C@H]([C@@H](O)CO)N1Cc1ccccc1. The Labute approximate surface area is 99.2 Å². The molecule has 0 saturated carbocycles. The number of rotatable bonds is 4. The van der Waals surface area contributed by atoms with Crippen LogP contribution in [0.2, 0.25) is 0 Å². The predicted molar refractivity (Wildman–Crippen MR) is 60.2 cm³/mol. The summed E-state index contributed by atoms with van der Waals surface area (Å²) in [6, 6.07) is 8.98. The van der Waals surface area contributed by atoms with E-state index in [1.165, 1.54) is 4.90 Å². The van der Waals surface area contributed by atoms with Gasteiger partial charge < -0.3 is 14.9 Å². The highest BCUT2D eigenvalue weighted by atomic mass is 16.6. The maximum atomic E-state index is 11.5. The van der Waals surface area contributed by atoms with Gasteiger partial charge in [0.15, 0.2) is 0 Å². The average Bonchev–Trinajstić information content (AvgIpc) is 2.72. The molecule has 0 spiro atoms. The van der Waals surface area contributed by atoms with Crippen LogP contribution in [0.25, 0.3) is 0 Å². The summed E-state index contributed by atoms with van der Waals surface area (Å²) in [6.07, 6.45) is -1.42. The maximum absolute atomic E-state index is 11.5. The molecule has 1 aliphatic heterocycles. The predicted octanol–water partition coefficient (Wildman–Crippen LogP) is 0.361. The van der Waals surface area contributed by atoms with Gasteiger partial charge in [-0.3, -0.25) is 4.90 Å². The Bertz CT molecular complexity index is 381. The highest BCUT2D eigenvalue weighted by Gasteiger charge is 2.37.